The quantitative estimate of drug-likeness (QED) is 0.911. The van der Waals surface area contributed by atoms with Gasteiger partial charge in [-0.05, 0) is 45.9 Å². The molecule has 1 aliphatic rings. The molecular formula is C14H24N2OS. The first kappa shape index (κ1) is 14.0. The van der Waals surface area contributed by atoms with E-state index in [0.717, 1.165) is 13.0 Å². The molecule has 3 unspecified atom stereocenters. The van der Waals surface area contributed by atoms with Crippen molar-refractivity contribution in [3.05, 3.63) is 21.4 Å². The summed E-state index contributed by atoms with van der Waals surface area (Å²) in [5, 5.41) is 0. The van der Waals surface area contributed by atoms with Gasteiger partial charge in [-0.25, -0.2) is 0 Å². The van der Waals surface area contributed by atoms with Gasteiger partial charge in [-0.15, -0.1) is 11.3 Å². The summed E-state index contributed by atoms with van der Waals surface area (Å²) in [6.45, 7) is 8.05. The van der Waals surface area contributed by atoms with Gasteiger partial charge in [0.25, 0.3) is 0 Å². The number of hydrogen-bond acceptors (Lipinski definition) is 4. The topological polar surface area (TPSA) is 38.5 Å². The van der Waals surface area contributed by atoms with Crippen LogP contribution in [0.3, 0.4) is 0 Å². The van der Waals surface area contributed by atoms with Crippen LogP contribution in [0.15, 0.2) is 6.07 Å². The maximum atomic E-state index is 6.02. The van der Waals surface area contributed by atoms with Gasteiger partial charge in [-0.1, -0.05) is 0 Å². The number of likely N-dealkylation sites (N-methyl/N-ethyl adjacent to an activating group) is 1. The van der Waals surface area contributed by atoms with E-state index in [2.05, 4.69) is 38.8 Å². The van der Waals surface area contributed by atoms with Crippen molar-refractivity contribution in [2.45, 2.75) is 45.4 Å². The highest BCUT2D eigenvalue weighted by Crippen LogP contribution is 2.32. The molecule has 0 radical (unpaired) electrons. The summed E-state index contributed by atoms with van der Waals surface area (Å²) in [6, 6.07) is 3.08. The molecule has 2 N–H and O–H groups in total. The minimum Gasteiger partial charge on any atom is -0.377 e. The van der Waals surface area contributed by atoms with Crippen LogP contribution in [0.4, 0.5) is 0 Å². The minimum atomic E-state index is 0.309. The molecular weight excluding hydrogens is 244 g/mol. The van der Waals surface area contributed by atoms with Crippen LogP contribution in [-0.2, 0) is 4.74 Å². The van der Waals surface area contributed by atoms with Crippen LogP contribution >= 0.6 is 11.3 Å². The molecule has 1 fully saturated rings. The Labute approximate surface area is 114 Å². The van der Waals surface area contributed by atoms with Crippen molar-refractivity contribution in [2.75, 3.05) is 20.2 Å². The summed E-state index contributed by atoms with van der Waals surface area (Å²) in [5.74, 6) is 0. The van der Waals surface area contributed by atoms with Gasteiger partial charge < -0.3 is 10.5 Å². The van der Waals surface area contributed by atoms with Crippen LogP contribution in [0.1, 0.15) is 34.7 Å². The van der Waals surface area contributed by atoms with E-state index in [-0.39, 0.29) is 0 Å². The van der Waals surface area contributed by atoms with Crippen molar-refractivity contribution in [1.82, 2.24) is 4.90 Å². The molecule has 0 amide bonds. The molecule has 2 heterocycles. The average molecular weight is 268 g/mol. The van der Waals surface area contributed by atoms with Gasteiger partial charge in [-0.3, -0.25) is 4.90 Å². The predicted octanol–water partition coefficient (Wildman–Crippen LogP) is 2.47. The lowest BCUT2D eigenvalue weighted by Crippen LogP contribution is -2.42. The molecule has 0 spiro atoms. The number of hydrogen-bond donors (Lipinski definition) is 1. The van der Waals surface area contributed by atoms with Gasteiger partial charge in [0, 0.05) is 35.0 Å². The van der Waals surface area contributed by atoms with Gasteiger partial charge in [0.05, 0.1) is 6.10 Å². The molecule has 1 aromatic heterocycles. The lowest BCUT2D eigenvalue weighted by Gasteiger charge is -2.34. The second-order valence-electron chi connectivity index (χ2n) is 5.22. The third kappa shape index (κ3) is 2.62. The SMILES string of the molecule is Cc1cc(C(CN)N(C)C2CCOC2C)c(C)s1. The maximum Gasteiger partial charge on any atom is 0.0703 e. The van der Waals surface area contributed by atoms with Crippen molar-refractivity contribution < 1.29 is 4.74 Å². The molecule has 1 aromatic rings. The molecule has 3 nitrogen and oxygen atoms in total. The molecule has 0 saturated carbocycles. The number of rotatable bonds is 4. The summed E-state index contributed by atoms with van der Waals surface area (Å²) in [6.07, 6.45) is 1.42. The van der Waals surface area contributed by atoms with Crippen molar-refractivity contribution in [3.63, 3.8) is 0 Å². The number of thiophene rings is 1. The Morgan fingerprint density at radius 3 is 2.72 bits per heavy atom. The molecule has 102 valence electrons. The standard InChI is InChI=1S/C14H24N2OS/c1-9-7-12(11(3)18-9)14(8-15)16(4)13-5-6-17-10(13)2/h7,10,13-14H,5-6,8,15H2,1-4H3. The number of nitrogens with two attached hydrogens (primary N) is 1. The Hall–Kier alpha value is -0.420. The second-order valence-corrected chi connectivity index (χ2v) is 6.68. The molecule has 4 heteroatoms. The van der Waals surface area contributed by atoms with Gasteiger partial charge in [0.2, 0.25) is 0 Å². The smallest absolute Gasteiger partial charge is 0.0703 e. The Balaban J connectivity index is 2.20. The Morgan fingerprint density at radius 2 is 2.28 bits per heavy atom. The second kappa shape index (κ2) is 5.70. The van der Waals surface area contributed by atoms with Crippen molar-refractivity contribution in [1.29, 1.82) is 0 Å². The summed E-state index contributed by atoms with van der Waals surface area (Å²) < 4.78 is 5.67. The first-order valence-electron chi connectivity index (χ1n) is 6.65. The molecule has 1 saturated heterocycles. The Bertz CT molecular complexity index is 404. The molecule has 2 rings (SSSR count). The Morgan fingerprint density at radius 1 is 1.56 bits per heavy atom. The van der Waals surface area contributed by atoms with E-state index in [4.69, 9.17) is 10.5 Å². The summed E-state index contributed by atoms with van der Waals surface area (Å²) >= 11 is 1.86. The molecule has 3 atom stereocenters. The lowest BCUT2D eigenvalue weighted by atomic mass is 10.0. The van der Waals surface area contributed by atoms with E-state index in [9.17, 15) is 0 Å². The van der Waals surface area contributed by atoms with Gasteiger partial charge in [0.1, 0.15) is 0 Å². The van der Waals surface area contributed by atoms with Gasteiger partial charge in [0.15, 0.2) is 0 Å². The van der Waals surface area contributed by atoms with Crippen LogP contribution in [0.25, 0.3) is 0 Å². The largest absolute Gasteiger partial charge is 0.377 e. The normalized spacial score (nSPS) is 25.9. The molecule has 18 heavy (non-hydrogen) atoms. The first-order chi connectivity index (χ1) is 8.54. The van der Waals surface area contributed by atoms with Crippen molar-refractivity contribution >= 4 is 11.3 Å². The summed E-state index contributed by atoms with van der Waals surface area (Å²) in [4.78, 5) is 5.16. The average Bonchev–Trinajstić information content (AvgIpc) is 2.87. The van der Waals surface area contributed by atoms with E-state index < -0.39 is 0 Å². The van der Waals surface area contributed by atoms with E-state index >= 15 is 0 Å². The van der Waals surface area contributed by atoms with Crippen LogP contribution in [0.5, 0.6) is 0 Å². The molecule has 0 aromatic carbocycles. The van der Waals surface area contributed by atoms with Crippen LogP contribution in [0.2, 0.25) is 0 Å². The highest BCUT2D eigenvalue weighted by atomic mass is 32.1. The molecule has 1 aliphatic heterocycles. The van der Waals surface area contributed by atoms with E-state index in [1.54, 1.807) is 0 Å². The number of ether oxygens (including phenoxy) is 1. The van der Waals surface area contributed by atoms with E-state index in [1.807, 2.05) is 11.3 Å². The fraction of sp³-hybridized carbons (Fsp3) is 0.714. The number of nitrogens with zero attached hydrogens (tertiary/aromatic N) is 1. The third-order valence-electron chi connectivity index (χ3n) is 4.01. The highest BCUT2D eigenvalue weighted by Gasteiger charge is 2.32. The summed E-state index contributed by atoms with van der Waals surface area (Å²) in [5.41, 5.74) is 7.41. The van der Waals surface area contributed by atoms with Gasteiger partial charge >= 0.3 is 0 Å². The fourth-order valence-corrected chi connectivity index (χ4v) is 3.96. The van der Waals surface area contributed by atoms with Crippen molar-refractivity contribution in [3.8, 4) is 0 Å². The van der Waals surface area contributed by atoms with Gasteiger partial charge in [-0.2, -0.15) is 0 Å². The first-order valence-corrected chi connectivity index (χ1v) is 7.46. The van der Waals surface area contributed by atoms with Crippen LogP contribution in [0, 0.1) is 13.8 Å². The summed E-state index contributed by atoms with van der Waals surface area (Å²) in [7, 11) is 2.18. The fourth-order valence-electron chi connectivity index (χ4n) is 2.98. The van der Waals surface area contributed by atoms with Crippen LogP contribution < -0.4 is 5.73 Å². The van der Waals surface area contributed by atoms with Crippen LogP contribution in [-0.4, -0.2) is 37.2 Å². The number of aryl methyl sites for hydroxylation is 2. The zero-order chi connectivity index (χ0) is 13.3. The third-order valence-corrected chi connectivity index (χ3v) is 4.99. The lowest BCUT2D eigenvalue weighted by molar-refractivity contribution is 0.0686. The maximum absolute atomic E-state index is 6.02. The predicted molar refractivity (Wildman–Crippen MR) is 77.2 cm³/mol. The van der Waals surface area contributed by atoms with Crippen molar-refractivity contribution in [2.24, 2.45) is 5.73 Å². The Kier molecular flexibility index (Phi) is 4.43. The zero-order valence-corrected chi connectivity index (χ0v) is 12.6. The minimum absolute atomic E-state index is 0.309. The van der Waals surface area contributed by atoms with E-state index in [0.29, 0.717) is 24.7 Å². The zero-order valence-electron chi connectivity index (χ0n) is 11.8. The highest BCUT2D eigenvalue weighted by molar-refractivity contribution is 7.12. The van der Waals surface area contributed by atoms with E-state index in [1.165, 1.54) is 15.3 Å². The molecule has 0 bridgehead atoms. The molecule has 0 aliphatic carbocycles. The monoisotopic (exact) mass is 268 g/mol.